The highest BCUT2D eigenvalue weighted by Crippen LogP contribution is 2.33. The van der Waals surface area contributed by atoms with Crippen molar-refractivity contribution < 1.29 is 9.47 Å². The molecule has 4 nitrogen and oxygen atoms in total. The molecule has 0 amide bonds. The standard InChI is InChI=1S/C14H24N2O2/c1-10(2)13(9-15)16(3)12-7-6-11(17-4)8-14(12)18-5/h6-8,10,13H,9,15H2,1-5H3. The van der Waals surface area contributed by atoms with Crippen LogP contribution in [0, 0.1) is 5.92 Å². The average molecular weight is 252 g/mol. The third kappa shape index (κ3) is 3.07. The minimum atomic E-state index is 0.285. The van der Waals surface area contributed by atoms with E-state index in [0.717, 1.165) is 17.2 Å². The van der Waals surface area contributed by atoms with Crippen molar-refractivity contribution in [1.82, 2.24) is 0 Å². The van der Waals surface area contributed by atoms with E-state index in [1.165, 1.54) is 0 Å². The fourth-order valence-electron chi connectivity index (χ4n) is 2.13. The molecule has 1 atom stereocenters. The quantitative estimate of drug-likeness (QED) is 0.842. The Morgan fingerprint density at radius 1 is 1.22 bits per heavy atom. The summed E-state index contributed by atoms with van der Waals surface area (Å²) in [6.45, 7) is 4.96. The SMILES string of the molecule is COc1ccc(N(C)C(CN)C(C)C)c(OC)c1. The first-order valence-electron chi connectivity index (χ1n) is 6.20. The highest BCUT2D eigenvalue weighted by atomic mass is 16.5. The molecule has 18 heavy (non-hydrogen) atoms. The molecule has 1 unspecified atom stereocenters. The van der Waals surface area contributed by atoms with Gasteiger partial charge in [-0.25, -0.2) is 0 Å². The summed E-state index contributed by atoms with van der Waals surface area (Å²) in [5, 5.41) is 0. The van der Waals surface area contributed by atoms with Crippen LogP contribution < -0.4 is 20.1 Å². The lowest BCUT2D eigenvalue weighted by atomic mass is 10.0. The zero-order chi connectivity index (χ0) is 13.7. The van der Waals surface area contributed by atoms with Crippen LogP contribution in [0.2, 0.25) is 0 Å². The molecule has 2 N–H and O–H groups in total. The van der Waals surface area contributed by atoms with E-state index in [2.05, 4.69) is 18.7 Å². The summed E-state index contributed by atoms with van der Waals surface area (Å²) in [6.07, 6.45) is 0. The monoisotopic (exact) mass is 252 g/mol. The molecule has 102 valence electrons. The van der Waals surface area contributed by atoms with Crippen molar-refractivity contribution in [3.63, 3.8) is 0 Å². The van der Waals surface area contributed by atoms with E-state index in [1.54, 1.807) is 14.2 Å². The fraction of sp³-hybridized carbons (Fsp3) is 0.571. The van der Waals surface area contributed by atoms with Crippen molar-refractivity contribution in [3.05, 3.63) is 18.2 Å². The van der Waals surface area contributed by atoms with E-state index in [9.17, 15) is 0 Å². The number of methoxy groups -OCH3 is 2. The molecule has 0 spiro atoms. The van der Waals surface area contributed by atoms with Gasteiger partial charge in [-0.3, -0.25) is 0 Å². The molecule has 0 aromatic heterocycles. The van der Waals surface area contributed by atoms with E-state index < -0.39 is 0 Å². The van der Waals surface area contributed by atoms with Gasteiger partial charge in [-0.2, -0.15) is 0 Å². The highest BCUT2D eigenvalue weighted by molar-refractivity contribution is 5.61. The van der Waals surface area contributed by atoms with Crippen LogP contribution >= 0.6 is 0 Å². The molecule has 0 fully saturated rings. The van der Waals surface area contributed by atoms with Crippen molar-refractivity contribution in [2.75, 3.05) is 32.7 Å². The van der Waals surface area contributed by atoms with Crippen LogP contribution in [-0.4, -0.2) is 33.9 Å². The topological polar surface area (TPSA) is 47.7 Å². The molecular formula is C14H24N2O2. The summed E-state index contributed by atoms with van der Waals surface area (Å²) in [5.74, 6) is 2.07. The smallest absolute Gasteiger partial charge is 0.145 e. The van der Waals surface area contributed by atoms with Gasteiger partial charge in [0.2, 0.25) is 0 Å². The van der Waals surface area contributed by atoms with Crippen LogP contribution in [0.15, 0.2) is 18.2 Å². The van der Waals surface area contributed by atoms with E-state index >= 15 is 0 Å². The maximum atomic E-state index is 5.85. The molecule has 0 aliphatic heterocycles. The van der Waals surface area contributed by atoms with Crippen molar-refractivity contribution in [2.24, 2.45) is 11.7 Å². The minimum absolute atomic E-state index is 0.285. The van der Waals surface area contributed by atoms with Gasteiger partial charge in [-0.1, -0.05) is 13.8 Å². The number of nitrogens with two attached hydrogens (primary N) is 1. The predicted octanol–water partition coefficient (Wildman–Crippen LogP) is 2.12. The molecule has 0 saturated heterocycles. The first kappa shape index (κ1) is 14.6. The van der Waals surface area contributed by atoms with Crippen LogP contribution in [0.4, 0.5) is 5.69 Å². The Labute approximate surface area is 110 Å². The van der Waals surface area contributed by atoms with Gasteiger partial charge in [0.25, 0.3) is 0 Å². The molecule has 1 aromatic carbocycles. The Morgan fingerprint density at radius 2 is 1.89 bits per heavy atom. The fourth-order valence-corrected chi connectivity index (χ4v) is 2.13. The number of benzene rings is 1. The summed E-state index contributed by atoms with van der Waals surface area (Å²) >= 11 is 0. The van der Waals surface area contributed by atoms with Gasteiger partial charge in [0, 0.05) is 25.7 Å². The number of hydrogen-bond acceptors (Lipinski definition) is 4. The molecule has 4 heteroatoms. The first-order chi connectivity index (χ1) is 8.54. The van der Waals surface area contributed by atoms with Crippen molar-refractivity contribution >= 4 is 5.69 Å². The number of hydrogen-bond donors (Lipinski definition) is 1. The normalized spacial score (nSPS) is 12.4. The third-order valence-corrected chi connectivity index (χ3v) is 3.28. The van der Waals surface area contributed by atoms with Gasteiger partial charge < -0.3 is 20.1 Å². The maximum absolute atomic E-state index is 5.85. The van der Waals surface area contributed by atoms with Crippen LogP contribution in [-0.2, 0) is 0 Å². The van der Waals surface area contributed by atoms with Crippen molar-refractivity contribution in [2.45, 2.75) is 19.9 Å². The highest BCUT2D eigenvalue weighted by Gasteiger charge is 2.20. The van der Waals surface area contributed by atoms with Gasteiger partial charge in [0.15, 0.2) is 0 Å². The summed E-state index contributed by atoms with van der Waals surface area (Å²) in [6, 6.07) is 6.11. The maximum Gasteiger partial charge on any atom is 0.145 e. The Bertz CT molecular complexity index is 380. The molecule has 1 aromatic rings. The first-order valence-corrected chi connectivity index (χ1v) is 6.20. The van der Waals surface area contributed by atoms with Crippen molar-refractivity contribution in [1.29, 1.82) is 0 Å². The third-order valence-electron chi connectivity index (χ3n) is 3.28. The Balaban J connectivity index is 3.07. The van der Waals surface area contributed by atoms with Crippen LogP contribution in [0.5, 0.6) is 11.5 Å². The van der Waals surface area contributed by atoms with Gasteiger partial charge in [-0.05, 0) is 18.1 Å². The Kier molecular flexibility index (Phi) is 5.28. The van der Waals surface area contributed by atoms with Crippen LogP contribution in [0.1, 0.15) is 13.8 Å². The lowest BCUT2D eigenvalue weighted by molar-refractivity contribution is 0.391. The molecule has 0 saturated carbocycles. The molecular weight excluding hydrogens is 228 g/mol. The largest absolute Gasteiger partial charge is 0.497 e. The molecule has 0 radical (unpaired) electrons. The molecule has 0 aliphatic carbocycles. The second-order valence-corrected chi connectivity index (χ2v) is 4.70. The second kappa shape index (κ2) is 6.50. The number of rotatable bonds is 6. The zero-order valence-corrected chi connectivity index (χ0v) is 11.9. The second-order valence-electron chi connectivity index (χ2n) is 4.70. The number of ether oxygens (including phenoxy) is 2. The zero-order valence-electron chi connectivity index (χ0n) is 11.9. The van der Waals surface area contributed by atoms with Gasteiger partial charge in [0.1, 0.15) is 11.5 Å². The van der Waals surface area contributed by atoms with Crippen LogP contribution in [0.3, 0.4) is 0 Å². The van der Waals surface area contributed by atoms with Gasteiger partial charge >= 0.3 is 0 Å². The summed E-state index contributed by atoms with van der Waals surface area (Å²) in [4.78, 5) is 2.17. The molecule has 0 heterocycles. The average Bonchev–Trinajstić information content (AvgIpc) is 2.38. The summed E-state index contributed by atoms with van der Waals surface area (Å²) in [5.41, 5.74) is 6.88. The lowest BCUT2D eigenvalue weighted by Crippen LogP contribution is -2.42. The Hall–Kier alpha value is -1.42. The van der Waals surface area contributed by atoms with E-state index in [0.29, 0.717) is 12.5 Å². The molecule has 1 rings (SSSR count). The van der Waals surface area contributed by atoms with Crippen LogP contribution in [0.25, 0.3) is 0 Å². The summed E-state index contributed by atoms with van der Waals surface area (Å²) in [7, 11) is 5.36. The minimum Gasteiger partial charge on any atom is -0.497 e. The van der Waals surface area contributed by atoms with E-state index in [1.807, 2.05) is 25.2 Å². The predicted molar refractivity (Wildman–Crippen MR) is 75.6 cm³/mol. The lowest BCUT2D eigenvalue weighted by Gasteiger charge is -2.33. The number of nitrogens with zero attached hydrogens (tertiary/aromatic N) is 1. The summed E-state index contributed by atoms with van der Waals surface area (Å²) < 4.78 is 10.6. The van der Waals surface area contributed by atoms with Crippen molar-refractivity contribution in [3.8, 4) is 11.5 Å². The molecule has 0 aliphatic rings. The van der Waals surface area contributed by atoms with Gasteiger partial charge in [0.05, 0.1) is 19.9 Å². The van der Waals surface area contributed by atoms with Gasteiger partial charge in [-0.15, -0.1) is 0 Å². The Morgan fingerprint density at radius 3 is 2.33 bits per heavy atom. The number of anilines is 1. The molecule has 0 bridgehead atoms. The van der Waals surface area contributed by atoms with E-state index in [-0.39, 0.29) is 6.04 Å². The van der Waals surface area contributed by atoms with E-state index in [4.69, 9.17) is 15.2 Å². The number of likely N-dealkylation sites (N-methyl/N-ethyl adjacent to an activating group) is 1.